The van der Waals surface area contributed by atoms with Crippen LogP contribution in [-0.4, -0.2) is 29.5 Å². The molecule has 5 rings (SSSR count). The van der Waals surface area contributed by atoms with Gasteiger partial charge in [-0.15, -0.1) is 0 Å². The number of carbonyl (C=O) groups is 2. The average Bonchev–Trinajstić information content (AvgIpc) is 3.32. The first-order chi connectivity index (χ1) is 15.1. The minimum absolute atomic E-state index is 0.126. The van der Waals surface area contributed by atoms with Gasteiger partial charge in [-0.2, -0.15) is 0 Å². The third-order valence-electron chi connectivity index (χ3n) is 6.20. The summed E-state index contributed by atoms with van der Waals surface area (Å²) in [6.07, 6.45) is 4.86. The summed E-state index contributed by atoms with van der Waals surface area (Å²) in [4.78, 5) is 29.7. The van der Waals surface area contributed by atoms with E-state index in [4.69, 9.17) is 0 Å². The van der Waals surface area contributed by atoms with Crippen LogP contribution in [0.15, 0.2) is 42.5 Å². The molecule has 1 saturated heterocycles. The predicted octanol–water partition coefficient (Wildman–Crippen LogP) is 3.79. The molecular formula is C24H25FN4O2. The summed E-state index contributed by atoms with van der Waals surface area (Å²) in [5.74, 6) is -0.515. The highest BCUT2D eigenvalue weighted by atomic mass is 19.1. The molecule has 2 aromatic carbocycles. The van der Waals surface area contributed by atoms with Crippen LogP contribution in [0.1, 0.15) is 36.1 Å². The van der Waals surface area contributed by atoms with Crippen LogP contribution in [-0.2, 0) is 24.2 Å². The van der Waals surface area contributed by atoms with E-state index in [1.54, 1.807) is 12.1 Å². The molecule has 2 heterocycles. The molecule has 1 atom stereocenters. The van der Waals surface area contributed by atoms with Crippen molar-refractivity contribution in [2.45, 2.75) is 44.7 Å². The molecule has 0 radical (unpaired) electrons. The van der Waals surface area contributed by atoms with E-state index in [1.807, 2.05) is 6.07 Å². The summed E-state index contributed by atoms with van der Waals surface area (Å²) in [5, 5.41) is 7.01. The second-order valence-electron chi connectivity index (χ2n) is 8.38. The van der Waals surface area contributed by atoms with E-state index in [1.165, 1.54) is 46.5 Å². The fourth-order valence-corrected chi connectivity index (χ4v) is 4.68. The van der Waals surface area contributed by atoms with Gasteiger partial charge in [0, 0.05) is 41.8 Å². The Morgan fingerprint density at radius 2 is 2.03 bits per heavy atom. The van der Waals surface area contributed by atoms with E-state index >= 15 is 0 Å². The molecule has 1 aliphatic heterocycles. The van der Waals surface area contributed by atoms with Crippen molar-refractivity contribution in [3.05, 3.63) is 65.1 Å². The highest BCUT2D eigenvalue weighted by Crippen LogP contribution is 2.29. The molecule has 1 fully saturated rings. The minimum atomic E-state index is -0.389. The van der Waals surface area contributed by atoms with Crippen molar-refractivity contribution in [2.75, 3.05) is 11.4 Å². The van der Waals surface area contributed by atoms with Crippen LogP contribution in [0.25, 0.3) is 10.9 Å². The molecule has 1 aromatic heterocycles. The maximum atomic E-state index is 13.5. The minimum Gasteiger partial charge on any atom is -0.358 e. The number of anilines is 1. The van der Waals surface area contributed by atoms with Crippen molar-refractivity contribution >= 4 is 28.5 Å². The average molecular weight is 420 g/mol. The first-order valence-corrected chi connectivity index (χ1v) is 10.8. The molecule has 2 aliphatic rings. The number of fused-ring (bicyclic) bond motifs is 3. The molecule has 31 heavy (non-hydrogen) atoms. The van der Waals surface area contributed by atoms with E-state index in [0.29, 0.717) is 18.8 Å². The summed E-state index contributed by atoms with van der Waals surface area (Å²) in [6, 6.07) is 11.6. The van der Waals surface area contributed by atoms with Gasteiger partial charge in [0.15, 0.2) is 0 Å². The first-order valence-electron chi connectivity index (χ1n) is 10.8. The Hall–Kier alpha value is -3.35. The van der Waals surface area contributed by atoms with Crippen LogP contribution in [0.2, 0.25) is 0 Å². The number of aromatic amines is 1. The number of hydrogen-bond donors (Lipinski definition) is 3. The van der Waals surface area contributed by atoms with E-state index in [-0.39, 0.29) is 30.2 Å². The van der Waals surface area contributed by atoms with Gasteiger partial charge >= 0.3 is 6.03 Å². The van der Waals surface area contributed by atoms with Crippen molar-refractivity contribution in [3.8, 4) is 0 Å². The fourth-order valence-electron chi connectivity index (χ4n) is 4.68. The molecule has 3 N–H and O–H groups in total. The Labute approximate surface area is 179 Å². The smallest absolute Gasteiger partial charge is 0.315 e. The van der Waals surface area contributed by atoms with E-state index in [0.717, 1.165) is 23.9 Å². The third-order valence-corrected chi connectivity index (χ3v) is 6.20. The molecule has 3 aromatic rings. The lowest BCUT2D eigenvalue weighted by atomic mass is 9.95. The number of aryl methyl sites for hydroxylation is 2. The van der Waals surface area contributed by atoms with Gasteiger partial charge in [-0.25, -0.2) is 9.18 Å². The van der Waals surface area contributed by atoms with Crippen molar-refractivity contribution < 1.29 is 14.0 Å². The Morgan fingerprint density at radius 3 is 2.90 bits per heavy atom. The van der Waals surface area contributed by atoms with Crippen LogP contribution in [0.5, 0.6) is 0 Å². The summed E-state index contributed by atoms with van der Waals surface area (Å²) in [7, 11) is 0. The Balaban J connectivity index is 1.19. The molecule has 7 heteroatoms. The van der Waals surface area contributed by atoms with Crippen LogP contribution in [0.4, 0.5) is 14.9 Å². The lowest BCUT2D eigenvalue weighted by molar-refractivity contribution is -0.117. The number of nitrogens with zero attached hydrogens (tertiary/aromatic N) is 1. The van der Waals surface area contributed by atoms with E-state index < -0.39 is 0 Å². The number of benzene rings is 2. The van der Waals surface area contributed by atoms with Crippen LogP contribution >= 0.6 is 0 Å². The first kappa shape index (κ1) is 19.6. The van der Waals surface area contributed by atoms with Gasteiger partial charge in [-0.3, -0.25) is 4.79 Å². The lowest BCUT2D eigenvalue weighted by Crippen LogP contribution is -2.43. The molecule has 0 unspecified atom stereocenters. The van der Waals surface area contributed by atoms with Crippen molar-refractivity contribution in [1.29, 1.82) is 0 Å². The molecule has 0 saturated carbocycles. The lowest BCUT2D eigenvalue weighted by Gasteiger charge is -2.17. The van der Waals surface area contributed by atoms with Crippen LogP contribution < -0.4 is 15.5 Å². The van der Waals surface area contributed by atoms with Gasteiger partial charge in [0.25, 0.3) is 0 Å². The largest absolute Gasteiger partial charge is 0.358 e. The molecule has 0 spiro atoms. The number of H-pyrrole nitrogens is 1. The van der Waals surface area contributed by atoms with Crippen LogP contribution in [0.3, 0.4) is 0 Å². The number of aromatic nitrogens is 1. The van der Waals surface area contributed by atoms with Gasteiger partial charge in [0.05, 0.1) is 6.04 Å². The second kappa shape index (κ2) is 8.06. The number of hydrogen-bond acceptors (Lipinski definition) is 2. The molecule has 3 amide bonds. The number of carbonyl (C=O) groups excluding carboxylic acids is 2. The van der Waals surface area contributed by atoms with Crippen molar-refractivity contribution in [2.24, 2.45) is 0 Å². The number of amides is 3. The van der Waals surface area contributed by atoms with Crippen molar-refractivity contribution in [1.82, 2.24) is 15.6 Å². The van der Waals surface area contributed by atoms with Gasteiger partial charge in [-0.05, 0) is 67.1 Å². The number of halogens is 1. The zero-order valence-electron chi connectivity index (χ0n) is 17.2. The highest BCUT2D eigenvalue weighted by Gasteiger charge is 2.31. The van der Waals surface area contributed by atoms with Gasteiger partial charge < -0.3 is 20.5 Å². The maximum absolute atomic E-state index is 13.5. The SMILES string of the molecule is O=C(NCc1ccc2[nH]c3c(c2c1)CCCC3)N[C@H]1CC(=O)N(c2cccc(F)c2)C1. The summed E-state index contributed by atoms with van der Waals surface area (Å²) in [5.41, 5.74) is 5.46. The zero-order chi connectivity index (χ0) is 21.4. The van der Waals surface area contributed by atoms with Crippen LogP contribution in [0, 0.1) is 5.82 Å². The van der Waals surface area contributed by atoms with Gasteiger partial charge in [-0.1, -0.05) is 12.1 Å². The topological polar surface area (TPSA) is 77.2 Å². The third kappa shape index (κ3) is 4.00. The Bertz CT molecular complexity index is 1160. The molecular weight excluding hydrogens is 395 g/mol. The molecule has 160 valence electrons. The summed E-state index contributed by atoms with van der Waals surface area (Å²) >= 11 is 0. The molecule has 0 bridgehead atoms. The van der Waals surface area contributed by atoms with Crippen molar-refractivity contribution in [3.63, 3.8) is 0 Å². The van der Waals surface area contributed by atoms with E-state index in [9.17, 15) is 14.0 Å². The zero-order valence-corrected chi connectivity index (χ0v) is 17.2. The second-order valence-corrected chi connectivity index (χ2v) is 8.38. The molecule has 1 aliphatic carbocycles. The Kier molecular flexibility index (Phi) is 5.10. The predicted molar refractivity (Wildman–Crippen MR) is 117 cm³/mol. The fraction of sp³-hybridized carbons (Fsp3) is 0.333. The van der Waals surface area contributed by atoms with Gasteiger partial charge in [0.2, 0.25) is 5.91 Å². The maximum Gasteiger partial charge on any atom is 0.315 e. The monoisotopic (exact) mass is 420 g/mol. The number of urea groups is 1. The molecule has 6 nitrogen and oxygen atoms in total. The highest BCUT2D eigenvalue weighted by molar-refractivity contribution is 5.96. The summed E-state index contributed by atoms with van der Waals surface area (Å²) in [6.45, 7) is 0.743. The Morgan fingerprint density at radius 1 is 1.16 bits per heavy atom. The quantitative estimate of drug-likeness (QED) is 0.601. The summed E-state index contributed by atoms with van der Waals surface area (Å²) < 4.78 is 13.5. The van der Waals surface area contributed by atoms with E-state index in [2.05, 4.69) is 27.8 Å². The normalized spacial score (nSPS) is 18.3. The number of rotatable bonds is 4. The number of nitrogens with one attached hydrogen (secondary N) is 3. The van der Waals surface area contributed by atoms with Gasteiger partial charge in [0.1, 0.15) is 5.82 Å². The standard InChI is InChI=1S/C24H25FN4O2/c25-16-4-3-5-18(11-16)29-14-17(12-23(29)30)27-24(31)26-13-15-8-9-22-20(10-15)19-6-1-2-7-21(19)28-22/h3-5,8-11,17,28H,1-2,6-7,12-14H2,(H2,26,27,31)/t17-/m0/s1.